The van der Waals surface area contributed by atoms with Crippen LogP contribution in [0.25, 0.3) is 0 Å². The first-order chi connectivity index (χ1) is 8.63. The largest absolute Gasteiger partial charge is 0.469 e. The van der Waals surface area contributed by atoms with Crippen molar-refractivity contribution in [3.63, 3.8) is 0 Å². The van der Waals surface area contributed by atoms with E-state index in [-0.39, 0.29) is 11.9 Å². The van der Waals surface area contributed by atoms with Crippen molar-refractivity contribution in [2.45, 2.75) is 19.3 Å². The van der Waals surface area contributed by atoms with Crippen LogP contribution in [0.1, 0.15) is 18.4 Å². The average molecular weight is 250 g/mol. The van der Waals surface area contributed by atoms with Gasteiger partial charge in [-0.05, 0) is 18.1 Å². The first kappa shape index (κ1) is 14.2. The Balaban J connectivity index is 2.31. The van der Waals surface area contributed by atoms with Crippen molar-refractivity contribution in [2.24, 2.45) is 0 Å². The van der Waals surface area contributed by atoms with Crippen LogP contribution >= 0.6 is 0 Å². The minimum absolute atomic E-state index is 0.0212. The van der Waals surface area contributed by atoms with E-state index in [9.17, 15) is 9.59 Å². The number of pyridine rings is 1. The second-order valence-corrected chi connectivity index (χ2v) is 4.03. The van der Waals surface area contributed by atoms with Crippen LogP contribution in [0.2, 0.25) is 0 Å². The SMILES string of the molecule is COC(=O)CCCN(C)C(=O)Cc1cccnc1. The van der Waals surface area contributed by atoms with Gasteiger partial charge in [-0.1, -0.05) is 6.07 Å². The molecular formula is C13H18N2O3. The molecular weight excluding hydrogens is 232 g/mol. The lowest BCUT2D eigenvalue weighted by Crippen LogP contribution is -2.29. The minimum atomic E-state index is -0.247. The molecule has 1 heterocycles. The zero-order valence-electron chi connectivity index (χ0n) is 10.8. The van der Waals surface area contributed by atoms with E-state index in [4.69, 9.17) is 0 Å². The quantitative estimate of drug-likeness (QED) is 0.708. The molecule has 0 N–H and O–H groups in total. The Hall–Kier alpha value is -1.91. The highest BCUT2D eigenvalue weighted by molar-refractivity contribution is 5.78. The summed E-state index contributed by atoms with van der Waals surface area (Å²) in [5.41, 5.74) is 0.891. The molecule has 0 aliphatic heterocycles. The van der Waals surface area contributed by atoms with E-state index >= 15 is 0 Å². The maximum Gasteiger partial charge on any atom is 0.305 e. The predicted molar refractivity (Wildman–Crippen MR) is 66.8 cm³/mol. The summed E-state index contributed by atoms with van der Waals surface area (Å²) in [6.07, 6.45) is 4.64. The molecule has 0 fully saturated rings. The van der Waals surface area contributed by atoms with E-state index in [0.717, 1.165) is 5.56 Å². The van der Waals surface area contributed by atoms with E-state index < -0.39 is 0 Å². The molecule has 5 heteroatoms. The Kier molecular flexibility index (Phi) is 5.84. The average Bonchev–Trinajstić information content (AvgIpc) is 2.39. The predicted octanol–water partition coefficient (Wildman–Crippen LogP) is 1.04. The van der Waals surface area contributed by atoms with E-state index in [2.05, 4.69) is 9.72 Å². The van der Waals surface area contributed by atoms with Gasteiger partial charge in [-0.15, -0.1) is 0 Å². The second-order valence-electron chi connectivity index (χ2n) is 4.03. The summed E-state index contributed by atoms with van der Waals surface area (Å²) in [6, 6.07) is 3.67. The molecule has 5 nitrogen and oxygen atoms in total. The van der Waals surface area contributed by atoms with Gasteiger partial charge in [0.2, 0.25) is 5.91 Å². The molecule has 1 rings (SSSR count). The van der Waals surface area contributed by atoms with E-state index in [1.54, 1.807) is 30.4 Å². The number of hydrogen-bond acceptors (Lipinski definition) is 4. The Labute approximate surface area is 107 Å². The number of esters is 1. The number of hydrogen-bond donors (Lipinski definition) is 0. The third-order valence-corrected chi connectivity index (χ3v) is 2.61. The van der Waals surface area contributed by atoms with Crippen LogP contribution in [-0.4, -0.2) is 42.5 Å². The zero-order chi connectivity index (χ0) is 13.4. The lowest BCUT2D eigenvalue weighted by Gasteiger charge is -2.16. The first-order valence-corrected chi connectivity index (χ1v) is 5.83. The van der Waals surface area contributed by atoms with Crippen LogP contribution in [-0.2, 0) is 20.7 Å². The fraction of sp³-hybridized carbons (Fsp3) is 0.462. The van der Waals surface area contributed by atoms with Gasteiger partial charge < -0.3 is 9.64 Å². The van der Waals surface area contributed by atoms with Crippen molar-refractivity contribution >= 4 is 11.9 Å². The fourth-order valence-electron chi connectivity index (χ4n) is 1.50. The number of nitrogens with zero attached hydrogens (tertiary/aromatic N) is 2. The Bertz CT molecular complexity index is 392. The third-order valence-electron chi connectivity index (χ3n) is 2.61. The standard InChI is InChI=1S/C13H18N2O3/c1-15(8-4-6-13(17)18-2)12(16)9-11-5-3-7-14-10-11/h3,5,7,10H,4,6,8-9H2,1-2H3. The molecule has 0 aliphatic carbocycles. The van der Waals surface area contributed by atoms with Crippen LogP contribution in [0.4, 0.5) is 0 Å². The topological polar surface area (TPSA) is 59.5 Å². The van der Waals surface area contributed by atoms with Crippen LogP contribution in [0.15, 0.2) is 24.5 Å². The number of rotatable bonds is 6. The zero-order valence-corrected chi connectivity index (χ0v) is 10.8. The summed E-state index contributed by atoms with van der Waals surface area (Å²) in [7, 11) is 3.09. The number of carbonyl (C=O) groups is 2. The van der Waals surface area contributed by atoms with Gasteiger partial charge in [0.1, 0.15) is 0 Å². The van der Waals surface area contributed by atoms with Crippen molar-refractivity contribution in [2.75, 3.05) is 20.7 Å². The lowest BCUT2D eigenvalue weighted by atomic mass is 10.2. The number of amides is 1. The second kappa shape index (κ2) is 7.42. The smallest absolute Gasteiger partial charge is 0.305 e. The first-order valence-electron chi connectivity index (χ1n) is 5.83. The summed E-state index contributed by atoms with van der Waals surface area (Å²) < 4.78 is 4.54. The number of carbonyl (C=O) groups excluding carboxylic acids is 2. The highest BCUT2D eigenvalue weighted by Crippen LogP contribution is 2.02. The van der Waals surface area contributed by atoms with Gasteiger partial charge in [0.25, 0.3) is 0 Å². The Morgan fingerprint density at radius 1 is 1.44 bits per heavy atom. The van der Waals surface area contributed by atoms with E-state index in [1.807, 2.05) is 6.07 Å². The molecule has 0 aliphatic rings. The van der Waals surface area contributed by atoms with Gasteiger partial charge in [0.05, 0.1) is 13.5 Å². The van der Waals surface area contributed by atoms with Crippen molar-refractivity contribution in [3.8, 4) is 0 Å². The number of ether oxygens (including phenoxy) is 1. The summed E-state index contributed by atoms with van der Waals surface area (Å²) in [5, 5.41) is 0. The van der Waals surface area contributed by atoms with Crippen molar-refractivity contribution < 1.29 is 14.3 Å². The van der Waals surface area contributed by atoms with Crippen LogP contribution < -0.4 is 0 Å². The molecule has 0 bridgehead atoms. The van der Waals surface area contributed by atoms with Gasteiger partial charge in [0, 0.05) is 32.4 Å². The summed E-state index contributed by atoms with van der Waals surface area (Å²) in [5.74, 6) is -0.226. The Morgan fingerprint density at radius 3 is 2.83 bits per heavy atom. The van der Waals surface area contributed by atoms with Gasteiger partial charge in [0.15, 0.2) is 0 Å². The van der Waals surface area contributed by atoms with Crippen molar-refractivity contribution in [1.29, 1.82) is 0 Å². The highest BCUT2D eigenvalue weighted by Gasteiger charge is 2.10. The molecule has 1 aromatic heterocycles. The monoisotopic (exact) mass is 250 g/mol. The van der Waals surface area contributed by atoms with Gasteiger partial charge in [-0.2, -0.15) is 0 Å². The summed E-state index contributed by atoms with van der Waals surface area (Å²) in [4.78, 5) is 28.3. The number of aromatic nitrogens is 1. The molecule has 0 atom stereocenters. The molecule has 18 heavy (non-hydrogen) atoms. The molecule has 0 saturated heterocycles. The number of likely N-dealkylation sites (N-methyl/N-ethyl adjacent to an activating group) is 1. The Morgan fingerprint density at radius 2 is 2.22 bits per heavy atom. The van der Waals surface area contributed by atoms with Crippen LogP contribution in [0, 0.1) is 0 Å². The van der Waals surface area contributed by atoms with Crippen LogP contribution in [0.3, 0.4) is 0 Å². The molecule has 0 unspecified atom stereocenters. The van der Waals surface area contributed by atoms with Crippen LogP contribution in [0.5, 0.6) is 0 Å². The molecule has 0 aromatic carbocycles. The van der Waals surface area contributed by atoms with Crippen molar-refractivity contribution in [1.82, 2.24) is 9.88 Å². The highest BCUT2D eigenvalue weighted by atomic mass is 16.5. The molecule has 98 valence electrons. The summed E-state index contributed by atoms with van der Waals surface area (Å²) >= 11 is 0. The maximum absolute atomic E-state index is 11.8. The molecule has 0 saturated carbocycles. The maximum atomic E-state index is 11.8. The molecule has 1 aromatic rings. The van der Waals surface area contributed by atoms with Gasteiger partial charge in [-0.25, -0.2) is 0 Å². The fourth-order valence-corrected chi connectivity index (χ4v) is 1.50. The minimum Gasteiger partial charge on any atom is -0.469 e. The van der Waals surface area contributed by atoms with Gasteiger partial charge in [-0.3, -0.25) is 14.6 Å². The van der Waals surface area contributed by atoms with E-state index in [0.29, 0.717) is 25.8 Å². The summed E-state index contributed by atoms with van der Waals surface area (Å²) in [6.45, 7) is 0.550. The third kappa shape index (κ3) is 4.95. The molecule has 0 radical (unpaired) electrons. The lowest BCUT2D eigenvalue weighted by molar-refractivity contribution is -0.141. The van der Waals surface area contributed by atoms with Crippen molar-refractivity contribution in [3.05, 3.63) is 30.1 Å². The van der Waals surface area contributed by atoms with E-state index in [1.165, 1.54) is 7.11 Å². The normalized spacial score (nSPS) is 9.89. The number of methoxy groups -OCH3 is 1. The van der Waals surface area contributed by atoms with Gasteiger partial charge >= 0.3 is 5.97 Å². The molecule has 0 spiro atoms. The molecule has 1 amide bonds.